The van der Waals surface area contributed by atoms with Gasteiger partial charge in [0.2, 0.25) is 5.91 Å². The molecular formula is C15H21NO2S. The molecule has 1 fully saturated rings. The van der Waals surface area contributed by atoms with E-state index < -0.39 is 0 Å². The molecule has 1 N–H and O–H groups in total. The van der Waals surface area contributed by atoms with Crippen LogP contribution in [0.4, 0.5) is 5.69 Å². The van der Waals surface area contributed by atoms with E-state index in [-0.39, 0.29) is 23.7 Å². The highest BCUT2D eigenvalue weighted by atomic mass is 32.2. The fourth-order valence-corrected chi connectivity index (χ4v) is 3.46. The minimum Gasteiger partial charge on any atom is -0.396 e. The second kappa shape index (κ2) is 6.96. The number of piperidine rings is 1. The molecule has 104 valence electrons. The van der Waals surface area contributed by atoms with Gasteiger partial charge < -0.3 is 10.0 Å². The minimum atomic E-state index is 0.0444. The zero-order valence-electron chi connectivity index (χ0n) is 11.3. The third-order valence-electron chi connectivity index (χ3n) is 3.35. The number of para-hydroxylation sites is 1. The quantitative estimate of drug-likeness (QED) is 0.900. The zero-order chi connectivity index (χ0) is 13.7. The fraction of sp³-hybridized carbons (Fsp3) is 0.533. The molecule has 1 aliphatic heterocycles. The Labute approximate surface area is 119 Å². The first-order valence-corrected chi connectivity index (χ1v) is 7.86. The summed E-state index contributed by atoms with van der Waals surface area (Å²) in [5.74, 6) is 1.31. The predicted octanol–water partition coefficient (Wildman–Crippen LogP) is 2.54. The molecule has 2 rings (SSSR count). The average molecular weight is 279 g/mol. The van der Waals surface area contributed by atoms with Crippen molar-refractivity contribution in [1.82, 2.24) is 0 Å². The maximum Gasteiger partial charge on any atom is 0.240 e. The SMILES string of the molecule is CC(CO)CSC1CCCN(c2ccccc2)C1=O. The summed E-state index contributed by atoms with van der Waals surface area (Å²) in [6.45, 7) is 3.01. The summed E-state index contributed by atoms with van der Waals surface area (Å²) in [5.41, 5.74) is 0.994. The molecule has 19 heavy (non-hydrogen) atoms. The van der Waals surface area contributed by atoms with E-state index in [0.29, 0.717) is 0 Å². The molecule has 0 radical (unpaired) electrons. The van der Waals surface area contributed by atoms with E-state index in [9.17, 15) is 4.79 Å². The molecule has 1 aromatic carbocycles. The highest BCUT2D eigenvalue weighted by Gasteiger charge is 2.29. The number of aliphatic hydroxyl groups is 1. The molecule has 3 nitrogen and oxygen atoms in total. The van der Waals surface area contributed by atoms with Gasteiger partial charge in [0.1, 0.15) is 0 Å². The Balaban J connectivity index is 1.98. The standard InChI is InChI=1S/C15H21NO2S/c1-12(10-17)11-19-14-8-5-9-16(15(14)18)13-6-3-2-4-7-13/h2-4,6-7,12,14,17H,5,8-11H2,1H3. The molecule has 1 amide bonds. The molecule has 0 saturated carbocycles. The van der Waals surface area contributed by atoms with Crippen molar-refractivity contribution in [3.05, 3.63) is 30.3 Å². The lowest BCUT2D eigenvalue weighted by atomic mass is 10.1. The number of hydrogen-bond donors (Lipinski definition) is 1. The number of rotatable bonds is 5. The lowest BCUT2D eigenvalue weighted by Crippen LogP contribution is -2.43. The van der Waals surface area contributed by atoms with E-state index in [4.69, 9.17) is 5.11 Å². The van der Waals surface area contributed by atoms with Gasteiger partial charge in [-0.1, -0.05) is 25.1 Å². The van der Waals surface area contributed by atoms with Crippen LogP contribution < -0.4 is 4.90 Å². The Kier molecular flexibility index (Phi) is 5.28. The summed E-state index contributed by atoms with van der Waals surface area (Å²) >= 11 is 1.69. The summed E-state index contributed by atoms with van der Waals surface area (Å²) in [6, 6.07) is 9.87. The molecule has 2 atom stereocenters. The van der Waals surface area contributed by atoms with Crippen molar-refractivity contribution in [3.8, 4) is 0 Å². The van der Waals surface area contributed by atoms with Gasteiger partial charge in [-0.05, 0) is 36.6 Å². The van der Waals surface area contributed by atoms with E-state index >= 15 is 0 Å². The number of hydrogen-bond acceptors (Lipinski definition) is 3. The van der Waals surface area contributed by atoms with Crippen LogP contribution in [0.3, 0.4) is 0 Å². The van der Waals surface area contributed by atoms with Gasteiger partial charge in [-0.25, -0.2) is 0 Å². The van der Waals surface area contributed by atoms with Gasteiger partial charge in [-0.15, -0.1) is 11.8 Å². The molecular weight excluding hydrogens is 258 g/mol. The van der Waals surface area contributed by atoms with Crippen LogP contribution >= 0.6 is 11.8 Å². The highest BCUT2D eigenvalue weighted by molar-refractivity contribution is 8.00. The number of nitrogens with zero attached hydrogens (tertiary/aromatic N) is 1. The van der Waals surface area contributed by atoms with Crippen LogP contribution in [-0.2, 0) is 4.79 Å². The smallest absolute Gasteiger partial charge is 0.240 e. The second-order valence-corrected chi connectivity index (χ2v) is 6.31. The summed E-state index contributed by atoms with van der Waals surface area (Å²) in [6.07, 6.45) is 2.00. The van der Waals surface area contributed by atoms with Gasteiger partial charge in [0.25, 0.3) is 0 Å². The van der Waals surface area contributed by atoms with Crippen LogP contribution in [0.25, 0.3) is 0 Å². The van der Waals surface area contributed by atoms with E-state index in [1.807, 2.05) is 42.2 Å². The van der Waals surface area contributed by atoms with Crippen molar-refractivity contribution >= 4 is 23.4 Å². The lowest BCUT2D eigenvalue weighted by Gasteiger charge is -2.32. The fourth-order valence-electron chi connectivity index (χ4n) is 2.19. The third kappa shape index (κ3) is 3.74. The van der Waals surface area contributed by atoms with Crippen LogP contribution in [-0.4, -0.2) is 35.2 Å². The van der Waals surface area contributed by atoms with Gasteiger partial charge in [-0.3, -0.25) is 4.79 Å². The van der Waals surface area contributed by atoms with Crippen molar-refractivity contribution in [2.45, 2.75) is 25.0 Å². The Morgan fingerprint density at radius 2 is 2.16 bits per heavy atom. The Hall–Kier alpha value is -1.00. The number of carbonyl (C=O) groups excluding carboxylic acids is 1. The summed E-state index contributed by atoms with van der Waals surface area (Å²) in [7, 11) is 0. The lowest BCUT2D eigenvalue weighted by molar-refractivity contribution is -0.119. The van der Waals surface area contributed by atoms with Crippen molar-refractivity contribution in [2.24, 2.45) is 5.92 Å². The van der Waals surface area contributed by atoms with Gasteiger partial charge in [-0.2, -0.15) is 0 Å². The van der Waals surface area contributed by atoms with Crippen LogP contribution in [0.5, 0.6) is 0 Å². The first-order valence-electron chi connectivity index (χ1n) is 6.81. The van der Waals surface area contributed by atoms with Crippen molar-refractivity contribution in [2.75, 3.05) is 23.8 Å². The molecule has 1 aromatic rings. The number of aliphatic hydroxyl groups excluding tert-OH is 1. The molecule has 1 aliphatic rings. The molecule has 2 unspecified atom stereocenters. The van der Waals surface area contributed by atoms with Crippen LogP contribution in [0.1, 0.15) is 19.8 Å². The largest absolute Gasteiger partial charge is 0.396 e. The van der Waals surface area contributed by atoms with E-state index in [2.05, 4.69) is 0 Å². The molecule has 0 spiro atoms. The van der Waals surface area contributed by atoms with Crippen molar-refractivity contribution in [3.63, 3.8) is 0 Å². The molecule has 1 saturated heterocycles. The third-order valence-corrected chi connectivity index (χ3v) is 4.95. The Morgan fingerprint density at radius 1 is 1.42 bits per heavy atom. The second-order valence-electron chi connectivity index (χ2n) is 5.08. The summed E-state index contributed by atoms with van der Waals surface area (Å²) < 4.78 is 0. The Morgan fingerprint density at radius 3 is 2.84 bits per heavy atom. The number of amides is 1. The van der Waals surface area contributed by atoms with Crippen molar-refractivity contribution in [1.29, 1.82) is 0 Å². The van der Waals surface area contributed by atoms with Gasteiger partial charge in [0.05, 0.1) is 5.25 Å². The van der Waals surface area contributed by atoms with E-state index in [1.54, 1.807) is 11.8 Å². The zero-order valence-corrected chi connectivity index (χ0v) is 12.1. The van der Waals surface area contributed by atoms with E-state index in [0.717, 1.165) is 30.8 Å². The van der Waals surface area contributed by atoms with Gasteiger partial charge in [0, 0.05) is 18.8 Å². The normalized spacial score (nSPS) is 21.5. The van der Waals surface area contributed by atoms with Gasteiger partial charge >= 0.3 is 0 Å². The van der Waals surface area contributed by atoms with Crippen molar-refractivity contribution < 1.29 is 9.90 Å². The summed E-state index contributed by atoms with van der Waals surface area (Å²) in [5, 5.41) is 9.10. The maximum absolute atomic E-state index is 12.5. The summed E-state index contributed by atoms with van der Waals surface area (Å²) in [4.78, 5) is 14.4. The first kappa shape index (κ1) is 14.4. The number of thioether (sulfide) groups is 1. The first-order chi connectivity index (χ1) is 9.22. The molecule has 0 aliphatic carbocycles. The monoisotopic (exact) mass is 279 g/mol. The molecule has 1 heterocycles. The topological polar surface area (TPSA) is 40.5 Å². The maximum atomic E-state index is 12.5. The highest BCUT2D eigenvalue weighted by Crippen LogP contribution is 2.28. The molecule has 0 aromatic heterocycles. The van der Waals surface area contributed by atoms with Crippen LogP contribution in [0.2, 0.25) is 0 Å². The number of anilines is 1. The molecule has 4 heteroatoms. The van der Waals surface area contributed by atoms with Gasteiger partial charge in [0.15, 0.2) is 0 Å². The average Bonchev–Trinajstić information content (AvgIpc) is 2.46. The minimum absolute atomic E-state index is 0.0444. The van der Waals surface area contributed by atoms with Crippen LogP contribution in [0.15, 0.2) is 30.3 Å². The number of carbonyl (C=O) groups is 1. The van der Waals surface area contributed by atoms with Crippen LogP contribution in [0, 0.1) is 5.92 Å². The predicted molar refractivity (Wildman–Crippen MR) is 80.5 cm³/mol. The number of benzene rings is 1. The molecule has 0 bridgehead atoms. The van der Waals surface area contributed by atoms with E-state index in [1.165, 1.54) is 0 Å². The Bertz CT molecular complexity index is 410.